The molecule has 2 atom stereocenters. The zero-order valence-corrected chi connectivity index (χ0v) is 16.4. The Morgan fingerprint density at radius 3 is 2.67 bits per heavy atom. The zero-order valence-electron chi connectivity index (χ0n) is 16.4. The third-order valence-corrected chi connectivity index (χ3v) is 6.35. The number of carbonyl (C=O) groups excluding carboxylic acids is 3. The van der Waals surface area contributed by atoms with E-state index in [2.05, 4.69) is 10.6 Å². The van der Waals surface area contributed by atoms with Crippen LogP contribution in [0, 0.1) is 5.92 Å². The number of nitrogens with zero attached hydrogens (tertiary/aromatic N) is 1. The molecule has 27 heavy (non-hydrogen) atoms. The van der Waals surface area contributed by atoms with Gasteiger partial charge < -0.3 is 15.4 Å². The Labute approximate surface area is 161 Å². The van der Waals surface area contributed by atoms with E-state index in [1.807, 2.05) is 6.92 Å². The number of nitrogens with one attached hydrogen (secondary N) is 2. The minimum Gasteiger partial charge on any atom is -0.378 e. The summed E-state index contributed by atoms with van der Waals surface area (Å²) in [6, 6.07) is -0.440. The highest BCUT2D eigenvalue weighted by Crippen LogP contribution is 2.38. The van der Waals surface area contributed by atoms with Crippen LogP contribution in [0.5, 0.6) is 0 Å². The fraction of sp³-hybridized carbons (Fsp3) is 0.850. The summed E-state index contributed by atoms with van der Waals surface area (Å²) < 4.78 is 5.84. The molecule has 0 aromatic heterocycles. The molecular formula is C20H33N3O4. The molecule has 1 heterocycles. The van der Waals surface area contributed by atoms with Crippen molar-refractivity contribution in [3.8, 4) is 0 Å². The van der Waals surface area contributed by atoms with Crippen LogP contribution in [0.3, 0.4) is 0 Å². The molecule has 0 aromatic carbocycles. The van der Waals surface area contributed by atoms with Gasteiger partial charge in [0.1, 0.15) is 12.1 Å². The zero-order chi connectivity index (χ0) is 19.3. The van der Waals surface area contributed by atoms with E-state index in [1.165, 1.54) is 19.3 Å². The fourth-order valence-electron chi connectivity index (χ4n) is 4.62. The molecule has 2 unspecified atom stereocenters. The number of ether oxygens (including phenoxy) is 1. The lowest BCUT2D eigenvalue weighted by Crippen LogP contribution is -2.54. The summed E-state index contributed by atoms with van der Waals surface area (Å²) >= 11 is 0. The SMILES string of the molecule is CC1CCCCC12NC(=O)N(CC(=O)NCCCOC1CCCCC1)C2=O. The van der Waals surface area contributed by atoms with Gasteiger partial charge >= 0.3 is 6.03 Å². The maximum Gasteiger partial charge on any atom is 0.325 e. The van der Waals surface area contributed by atoms with Gasteiger partial charge in [-0.1, -0.05) is 39.0 Å². The van der Waals surface area contributed by atoms with Crippen LogP contribution in [0.4, 0.5) is 4.79 Å². The number of carbonyl (C=O) groups is 3. The highest BCUT2D eigenvalue weighted by Gasteiger charge is 2.55. The minimum absolute atomic E-state index is 0.104. The number of hydrogen-bond donors (Lipinski definition) is 2. The molecule has 3 rings (SSSR count). The summed E-state index contributed by atoms with van der Waals surface area (Å²) in [7, 11) is 0. The summed E-state index contributed by atoms with van der Waals surface area (Å²) in [6.07, 6.45) is 10.8. The van der Waals surface area contributed by atoms with Crippen LogP contribution >= 0.6 is 0 Å². The van der Waals surface area contributed by atoms with Gasteiger partial charge in [-0.2, -0.15) is 0 Å². The quantitative estimate of drug-likeness (QED) is 0.525. The van der Waals surface area contributed by atoms with E-state index in [9.17, 15) is 14.4 Å². The van der Waals surface area contributed by atoms with E-state index in [1.54, 1.807) is 0 Å². The van der Waals surface area contributed by atoms with E-state index in [0.717, 1.165) is 43.4 Å². The van der Waals surface area contributed by atoms with Gasteiger partial charge in [0.2, 0.25) is 5.91 Å². The lowest BCUT2D eigenvalue weighted by atomic mass is 9.73. The van der Waals surface area contributed by atoms with Crippen molar-refractivity contribution in [3.05, 3.63) is 0 Å². The second-order valence-electron chi connectivity index (χ2n) is 8.27. The first-order valence-corrected chi connectivity index (χ1v) is 10.6. The summed E-state index contributed by atoms with van der Waals surface area (Å²) in [5.41, 5.74) is -0.802. The monoisotopic (exact) mass is 379 g/mol. The Bertz CT molecular complexity index is 561. The molecule has 2 N–H and O–H groups in total. The van der Waals surface area contributed by atoms with Crippen LogP contribution in [0.1, 0.15) is 71.1 Å². The van der Waals surface area contributed by atoms with E-state index >= 15 is 0 Å². The van der Waals surface area contributed by atoms with Crippen LogP contribution in [0.2, 0.25) is 0 Å². The minimum atomic E-state index is -0.802. The molecule has 1 aliphatic heterocycles. The third-order valence-electron chi connectivity index (χ3n) is 6.35. The molecule has 0 bridgehead atoms. The first-order valence-electron chi connectivity index (χ1n) is 10.6. The van der Waals surface area contributed by atoms with Gasteiger partial charge in [-0.05, 0) is 38.0 Å². The third kappa shape index (κ3) is 4.62. The van der Waals surface area contributed by atoms with Crippen molar-refractivity contribution < 1.29 is 19.1 Å². The lowest BCUT2D eigenvalue weighted by molar-refractivity contribution is -0.137. The normalized spacial score (nSPS) is 29.2. The number of hydrogen-bond acceptors (Lipinski definition) is 4. The molecule has 2 saturated carbocycles. The van der Waals surface area contributed by atoms with Crippen molar-refractivity contribution in [1.82, 2.24) is 15.5 Å². The Hall–Kier alpha value is -1.63. The lowest BCUT2D eigenvalue weighted by Gasteiger charge is -2.36. The Balaban J connectivity index is 1.38. The van der Waals surface area contributed by atoms with Gasteiger partial charge in [-0.3, -0.25) is 14.5 Å². The number of imide groups is 1. The van der Waals surface area contributed by atoms with Crippen molar-refractivity contribution >= 4 is 17.8 Å². The van der Waals surface area contributed by atoms with Crippen molar-refractivity contribution in [2.24, 2.45) is 5.92 Å². The molecule has 4 amide bonds. The van der Waals surface area contributed by atoms with Crippen LogP contribution < -0.4 is 10.6 Å². The predicted octanol–water partition coefficient (Wildman–Crippen LogP) is 2.34. The smallest absolute Gasteiger partial charge is 0.325 e. The Morgan fingerprint density at radius 2 is 1.93 bits per heavy atom. The molecule has 0 aromatic rings. The van der Waals surface area contributed by atoms with Gasteiger partial charge in [0.15, 0.2) is 0 Å². The highest BCUT2D eigenvalue weighted by molar-refractivity contribution is 6.09. The maximum atomic E-state index is 12.8. The summed E-state index contributed by atoms with van der Waals surface area (Å²) in [4.78, 5) is 38.4. The molecule has 1 spiro atoms. The van der Waals surface area contributed by atoms with Crippen molar-refractivity contribution in [2.75, 3.05) is 19.7 Å². The van der Waals surface area contributed by atoms with E-state index in [0.29, 0.717) is 25.7 Å². The average molecular weight is 380 g/mol. The summed E-state index contributed by atoms with van der Waals surface area (Å²) in [5, 5.41) is 5.67. The number of amides is 4. The maximum absolute atomic E-state index is 12.8. The molecule has 7 heteroatoms. The molecule has 1 saturated heterocycles. The largest absolute Gasteiger partial charge is 0.378 e. The van der Waals surface area contributed by atoms with Crippen LogP contribution in [-0.4, -0.2) is 54.1 Å². The summed E-state index contributed by atoms with van der Waals surface area (Å²) in [5.74, 6) is -0.431. The standard InChI is InChI=1S/C20H33N3O4/c1-15-8-5-6-11-20(15)18(25)23(19(26)22-20)14-17(24)21-12-7-13-27-16-9-3-2-4-10-16/h15-16H,2-14H2,1H3,(H,21,24)(H,22,26). The Morgan fingerprint density at radius 1 is 1.19 bits per heavy atom. The van der Waals surface area contributed by atoms with Crippen molar-refractivity contribution in [3.63, 3.8) is 0 Å². The topological polar surface area (TPSA) is 87.7 Å². The van der Waals surface area contributed by atoms with Gasteiger partial charge in [0.05, 0.1) is 6.10 Å². The first-order chi connectivity index (χ1) is 13.0. The van der Waals surface area contributed by atoms with E-state index in [4.69, 9.17) is 4.74 Å². The molecule has 7 nitrogen and oxygen atoms in total. The molecule has 3 aliphatic rings. The second-order valence-corrected chi connectivity index (χ2v) is 8.27. The van der Waals surface area contributed by atoms with Gasteiger partial charge in [-0.25, -0.2) is 4.79 Å². The molecule has 152 valence electrons. The predicted molar refractivity (Wildman–Crippen MR) is 101 cm³/mol. The van der Waals surface area contributed by atoms with E-state index < -0.39 is 11.6 Å². The number of urea groups is 1. The Kier molecular flexibility index (Phi) is 6.73. The van der Waals surface area contributed by atoms with Gasteiger partial charge in [-0.15, -0.1) is 0 Å². The first kappa shape index (κ1) is 20.1. The van der Waals surface area contributed by atoms with Crippen molar-refractivity contribution in [1.29, 1.82) is 0 Å². The average Bonchev–Trinajstić information content (AvgIpc) is 2.90. The highest BCUT2D eigenvalue weighted by atomic mass is 16.5. The second kappa shape index (κ2) is 9.04. The van der Waals surface area contributed by atoms with Crippen LogP contribution in [0.25, 0.3) is 0 Å². The van der Waals surface area contributed by atoms with E-state index in [-0.39, 0.29) is 24.3 Å². The van der Waals surface area contributed by atoms with Crippen molar-refractivity contribution in [2.45, 2.75) is 82.8 Å². The van der Waals surface area contributed by atoms with Crippen LogP contribution in [0.15, 0.2) is 0 Å². The fourth-order valence-corrected chi connectivity index (χ4v) is 4.62. The van der Waals surface area contributed by atoms with Crippen LogP contribution in [-0.2, 0) is 14.3 Å². The molecular weight excluding hydrogens is 346 g/mol. The number of rotatable bonds is 7. The van der Waals surface area contributed by atoms with Gasteiger partial charge in [0.25, 0.3) is 5.91 Å². The summed E-state index contributed by atoms with van der Waals surface area (Å²) in [6.45, 7) is 2.93. The van der Waals surface area contributed by atoms with Gasteiger partial charge in [0, 0.05) is 13.2 Å². The molecule has 0 radical (unpaired) electrons. The molecule has 2 aliphatic carbocycles. The molecule has 3 fully saturated rings.